The van der Waals surface area contributed by atoms with Crippen molar-refractivity contribution in [3.05, 3.63) is 136 Å². The molecule has 1 atom stereocenters. The summed E-state index contributed by atoms with van der Waals surface area (Å²) in [6.45, 7) is 7.08. The van der Waals surface area contributed by atoms with Gasteiger partial charge in [0.25, 0.3) is 0 Å². The third-order valence-electron chi connectivity index (χ3n) is 7.31. The van der Waals surface area contributed by atoms with Crippen molar-refractivity contribution in [3.63, 3.8) is 0 Å². The molecule has 0 saturated heterocycles. The van der Waals surface area contributed by atoms with Crippen LogP contribution in [-0.4, -0.2) is 25.3 Å². The van der Waals surface area contributed by atoms with Crippen LogP contribution in [0.15, 0.2) is 97.2 Å². The lowest BCUT2D eigenvalue weighted by atomic mass is 10.0. The third kappa shape index (κ3) is 4.28. The van der Waals surface area contributed by atoms with E-state index in [-0.39, 0.29) is 12.1 Å². The first-order valence-electron chi connectivity index (χ1n) is 13.0. The summed E-state index contributed by atoms with van der Waals surface area (Å²) in [7, 11) is 0. The van der Waals surface area contributed by atoms with Gasteiger partial charge in [0.15, 0.2) is 0 Å². The number of aromatic nitrogens is 3. The molecule has 0 radical (unpaired) electrons. The van der Waals surface area contributed by atoms with Gasteiger partial charge < -0.3 is 14.8 Å². The van der Waals surface area contributed by atoms with Crippen LogP contribution in [0.25, 0.3) is 11.5 Å². The number of para-hydroxylation sites is 1. The highest BCUT2D eigenvalue weighted by Gasteiger charge is 2.35. The lowest BCUT2D eigenvalue weighted by molar-refractivity contribution is 0.180. The first kappa shape index (κ1) is 23.8. The van der Waals surface area contributed by atoms with Crippen molar-refractivity contribution in [2.24, 2.45) is 0 Å². The number of nitrogens with one attached hydrogen (secondary N) is 1. The number of fused-ring (bicyclic) bond motifs is 3. The smallest absolute Gasteiger partial charge is 0.318 e. The summed E-state index contributed by atoms with van der Waals surface area (Å²) < 4.78 is 4.19. The molecular weight excluding hydrogens is 470 g/mol. The molecule has 1 N–H and O–H groups in total. The summed E-state index contributed by atoms with van der Waals surface area (Å²) in [6, 6.07) is 30.7. The molecule has 0 saturated carbocycles. The van der Waals surface area contributed by atoms with Crippen molar-refractivity contribution < 1.29 is 4.79 Å². The van der Waals surface area contributed by atoms with E-state index < -0.39 is 0 Å². The van der Waals surface area contributed by atoms with Crippen LogP contribution in [0.3, 0.4) is 0 Å². The summed E-state index contributed by atoms with van der Waals surface area (Å²) in [5, 5.41) is 8.11. The maximum atomic E-state index is 13.9. The topological polar surface area (TPSA) is 55.1 Å². The number of aryl methyl sites for hydroxylation is 3. The predicted molar refractivity (Wildman–Crippen MR) is 150 cm³/mol. The van der Waals surface area contributed by atoms with Gasteiger partial charge in [-0.25, -0.2) is 9.48 Å². The third-order valence-corrected chi connectivity index (χ3v) is 7.31. The number of hydrogen-bond acceptors (Lipinski definition) is 2. The molecule has 0 bridgehead atoms. The van der Waals surface area contributed by atoms with Gasteiger partial charge in [0.05, 0.1) is 29.7 Å². The normalized spacial score (nSPS) is 14.5. The first-order valence-corrected chi connectivity index (χ1v) is 13.0. The Morgan fingerprint density at radius 1 is 0.868 bits per heavy atom. The van der Waals surface area contributed by atoms with E-state index in [1.807, 2.05) is 40.8 Å². The number of rotatable bonds is 4. The number of amides is 2. The summed E-state index contributed by atoms with van der Waals surface area (Å²) in [4.78, 5) is 15.9. The summed E-state index contributed by atoms with van der Waals surface area (Å²) in [6.07, 6.45) is 2.07. The van der Waals surface area contributed by atoms with E-state index in [4.69, 9.17) is 5.10 Å². The Morgan fingerprint density at radius 2 is 1.55 bits per heavy atom. The van der Waals surface area contributed by atoms with E-state index in [2.05, 4.69) is 96.7 Å². The number of nitrogens with zero attached hydrogens (tertiary/aromatic N) is 4. The molecule has 1 aliphatic heterocycles. The molecule has 190 valence electrons. The van der Waals surface area contributed by atoms with Gasteiger partial charge in [-0.1, -0.05) is 77.9 Å². The molecule has 0 unspecified atom stereocenters. The van der Waals surface area contributed by atoms with Crippen molar-refractivity contribution in [1.82, 2.24) is 24.6 Å². The minimum absolute atomic E-state index is 0.108. The zero-order valence-corrected chi connectivity index (χ0v) is 21.9. The Hall–Kier alpha value is -4.58. The van der Waals surface area contributed by atoms with Gasteiger partial charge in [0.1, 0.15) is 5.82 Å². The zero-order chi connectivity index (χ0) is 26.2. The molecular formula is C32H31N5O. The SMILES string of the molecule is Cc1ccc(CNC(=O)N2Cc3c(C)nn(-c4ccccc4)c3-n3cccc3[C@@H]2c2ccc(C)cc2)cc1. The Labute approximate surface area is 223 Å². The van der Waals surface area contributed by atoms with Crippen molar-refractivity contribution in [2.75, 3.05) is 0 Å². The summed E-state index contributed by atoms with van der Waals surface area (Å²) >= 11 is 0. The summed E-state index contributed by atoms with van der Waals surface area (Å²) in [5.74, 6) is 0.972. The van der Waals surface area contributed by atoms with Gasteiger partial charge in [-0.3, -0.25) is 0 Å². The number of urea groups is 1. The predicted octanol–water partition coefficient (Wildman–Crippen LogP) is 6.40. The highest BCUT2D eigenvalue weighted by molar-refractivity contribution is 5.76. The molecule has 1 aliphatic rings. The quantitative estimate of drug-likeness (QED) is 0.310. The minimum atomic E-state index is -0.264. The molecule has 0 fully saturated rings. The molecule has 6 nitrogen and oxygen atoms in total. The molecule has 6 rings (SSSR count). The fourth-order valence-electron chi connectivity index (χ4n) is 5.23. The molecule has 3 aromatic carbocycles. The molecule has 0 spiro atoms. The van der Waals surface area contributed by atoms with E-state index in [9.17, 15) is 4.79 Å². The van der Waals surface area contributed by atoms with Gasteiger partial charge in [0.2, 0.25) is 0 Å². The van der Waals surface area contributed by atoms with Gasteiger partial charge >= 0.3 is 6.03 Å². The molecule has 2 amide bonds. The van der Waals surface area contributed by atoms with Crippen molar-refractivity contribution in [3.8, 4) is 11.5 Å². The van der Waals surface area contributed by atoms with Crippen LogP contribution in [0.5, 0.6) is 0 Å². The molecule has 38 heavy (non-hydrogen) atoms. The van der Waals surface area contributed by atoms with Crippen molar-refractivity contribution >= 4 is 6.03 Å². The Bertz CT molecular complexity index is 1580. The highest BCUT2D eigenvalue weighted by atomic mass is 16.2. The number of carbonyl (C=O) groups is 1. The second kappa shape index (κ2) is 9.71. The molecule has 0 aliphatic carbocycles. The monoisotopic (exact) mass is 501 g/mol. The van der Waals surface area contributed by atoms with Gasteiger partial charge in [-0.05, 0) is 56.2 Å². The average Bonchev–Trinajstić information content (AvgIpc) is 3.50. The highest BCUT2D eigenvalue weighted by Crippen LogP contribution is 2.38. The molecule has 3 heterocycles. The average molecular weight is 502 g/mol. The second-order valence-corrected chi connectivity index (χ2v) is 10.0. The van der Waals surface area contributed by atoms with Crippen molar-refractivity contribution in [1.29, 1.82) is 0 Å². The molecule has 6 heteroatoms. The number of carbonyl (C=O) groups excluding carboxylic acids is 1. The van der Waals surface area contributed by atoms with E-state index in [0.717, 1.165) is 39.6 Å². The van der Waals surface area contributed by atoms with E-state index in [1.165, 1.54) is 11.1 Å². The van der Waals surface area contributed by atoms with Crippen LogP contribution in [-0.2, 0) is 13.1 Å². The number of benzene rings is 3. The zero-order valence-electron chi connectivity index (χ0n) is 21.9. The van der Waals surface area contributed by atoms with Crippen LogP contribution in [0.4, 0.5) is 4.79 Å². The van der Waals surface area contributed by atoms with E-state index in [0.29, 0.717) is 13.1 Å². The molecule has 5 aromatic rings. The van der Waals surface area contributed by atoms with Gasteiger partial charge in [-0.15, -0.1) is 0 Å². The maximum absolute atomic E-state index is 13.9. The molecule has 2 aromatic heterocycles. The van der Waals surface area contributed by atoms with Gasteiger partial charge in [0, 0.05) is 18.3 Å². The van der Waals surface area contributed by atoms with Crippen LogP contribution in [0.1, 0.15) is 45.2 Å². The fourth-order valence-corrected chi connectivity index (χ4v) is 5.23. The second-order valence-electron chi connectivity index (χ2n) is 10.0. The Morgan fingerprint density at radius 3 is 2.26 bits per heavy atom. The van der Waals surface area contributed by atoms with Crippen LogP contribution >= 0.6 is 0 Å². The van der Waals surface area contributed by atoms with Crippen LogP contribution in [0.2, 0.25) is 0 Å². The van der Waals surface area contributed by atoms with Crippen LogP contribution in [0, 0.1) is 20.8 Å². The van der Waals surface area contributed by atoms with Crippen molar-refractivity contribution in [2.45, 2.75) is 39.9 Å². The van der Waals surface area contributed by atoms with E-state index >= 15 is 0 Å². The maximum Gasteiger partial charge on any atom is 0.318 e. The van der Waals surface area contributed by atoms with E-state index in [1.54, 1.807) is 0 Å². The lowest BCUT2D eigenvalue weighted by Crippen LogP contribution is -2.41. The minimum Gasteiger partial charge on any atom is -0.334 e. The lowest BCUT2D eigenvalue weighted by Gasteiger charge is -2.31. The summed E-state index contributed by atoms with van der Waals surface area (Å²) in [5.41, 5.74) is 8.48. The first-order chi connectivity index (χ1) is 18.5. The number of hydrogen-bond donors (Lipinski definition) is 1. The van der Waals surface area contributed by atoms with Crippen LogP contribution < -0.4 is 5.32 Å². The fraction of sp³-hybridized carbons (Fsp3) is 0.188. The Balaban J connectivity index is 1.47. The van der Waals surface area contributed by atoms with Gasteiger partial charge in [-0.2, -0.15) is 5.10 Å². The standard InChI is InChI=1S/C32H31N5O/c1-22-11-15-25(16-12-22)20-33-32(38)36-21-28-24(3)34-37(27-8-5-4-6-9-27)31(28)35-19-7-10-29(35)30(36)26-17-13-23(2)14-18-26/h4-19,30H,20-21H2,1-3H3,(H,33,38)/t30-/m0/s1. The Kier molecular flexibility index (Phi) is 6.08. The largest absolute Gasteiger partial charge is 0.334 e.